The zero-order valence-electron chi connectivity index (χ0n) is 10.9. The maximum atomic E-state index is 12.0. The maximum Gasteiger partial charge on any atom is 0.323 e. The van der Waals surface area contributed by atoms with Crippen molar-refractivity contribution >= 4 is 17.7 Å². The number of ketones is 1. The molecule has 1 aliphatic rings. The monoisotopic (exact) mass is 254 g/mol. The topological polar surface area (TPSA) is 69.7 Å². The number of Topliss-reactive ketones (excluding diaryl/α,β-unsaturated/α-hetero) is 1. The van der Waals surface area contributed by atoms with Crippen LogP contribution in [0, 0.1) is 11.3 Å². The van der Waals surface area contributed by atoms with E-state index in [0.717, 1.165) is 0 Å². The van der Waals surface area contributed by atoms with Crippen LogP contribution in [0.5, 0.6) is 0 Å². The summed E-state index contributed by atoms with van der Waals surface area (Å²) in [4.78, 5) is 35.4. The predicted octanol–water partition coefficient (Wildman–Crippen LogP) is 1.26. The number of rotatable bonds is 4. The molecule has 0 saturated heterocycles. The number of hydrogen-bond acceptors (Lipinski definition) is 5. The summed E-state index contributed by atoms with van der Waals surface area (Å²) >= 11 is 0. The number of allylic oxidation sites excluding steroid dienone is 1. The van der Waals surface area contributed by atoms with Crippen molar-refractivity contribution in [3.63, 3.8) is 0 Å². The smallest absolute Gasteiger partial charge is 0.323 e. The lowest BCUT2D eigenvalue weighted by Crippen LogP contribution is -2.45. The molecule has 1 rings (SSSR count). The summed E-state index contributed by atoms with van der Waals surface area (Å²) in [5.41, 5.74) is -1.13. The van der Waals surface area contributed by atoms with E-state index < -0.39 is 23.3 Å². The molecule has 1 saturated carbocycles. The molecule has 0 radical (unpaired) electrons. The third kappa shape index (κ3) is 2.05. The molecule has 1 aliphatic carbocycles. The molecule has 1 fully saturated rings. The SMILES string of the molecule is C=C(C(C)=O)C1CCCC1(C(=O)OC)C(=O)OC. The minimum Gasteiger partial charge on any atom is -0.468 e. The summed E-state index contributed by atoms with van der Waals surface area (Å²) in [6.07, 6.45) is 1.53. The fourth-order valence-electron chi connectivity index (χ4n) is 2.66. The van der Waals surface area contributed by atoms with Gasteiger partial charge in [-0.1, -0.05) is 13.0 Å². The molecule has 0 N–H and O–H groups in total. The van der Waals surface area contributed by atoms with Crippen molar-refractivity contribution in [3.05, 3.63) is 12.2 Å². The van der Waals surface area contributed by atoms with Crippen molar-refractivity contribution in [1.29, 1.82) is 0 Å². The predicted molar refractivity (Wildman–Crippen MR) is 63.6 cm³/mol. The largest absolute Gasteiger partial charge is 0.468 e. The number of ether oxygens (including phenoxy) is 2. The first-order valence-electron chi connectivity index (χ1n) is 5.78. The molecule has 0 aromatic rings. The molecular weight excluding hydrogens is 236 g/mol. The van der Waals surface area contributed by atoms with Gasteiger partial charge in [0.1, 0.15) is 0 Å². The fourth-order valence-corrected chi connectivity index (χ4v) is 2.66. The zero-order valence-corrected chi connectivity index (χ0v) is 10.9. The molecule has 0 heterocycles. The van der Waals surface area contributed by atoms with Gasteiger partial charge >= 0.3 is 11.9 Å². The minimum atomic E-state index is -1.41. The average Bonchev–Trinajstić information content (AvgIpc) is 2.81. The van der Waals surface area contributed by atoms with Crippen molar-refractivity contribution in [1.82, 2.24) is 0 Å². The molecule has 5 heteroatoms. The van der Waals surface area contributed by atoms with Crippen LogP contribution in [-0.4, -0.2) is 31.9 Å². The van der Waals surface area contributed by atoms with Crippen molar-refractivity contribution in [3.8, 4) is 0 Å². The van der Waals surface area contributed by atoms with Crippen molar-refractivity contribution in [2.45, 2.75) is 26.2 Å². The second-order valence-electron chi connectivity index (χ2n) is 4.48. The van der Waals surface area contributed by atoms with Gasteiger partial charge < -0.3 is 9.47 Å². The first kappa shape index (κ1) is 14.4. The molecule has 0 aromatic carbocycles. The van der Waals surface area contributed by atoms with Gasteiger partial charge in [0.05, 0.1) is 14.2 Å². The Morgan fingerprint density at radius 3 is 2.06 bits per heavy atom. The fraction of sp³-hybridized carbons (Fsp3) is 0.615. The maximum absolute atomic E-state index is 12.0. The van der Waals surface area contributed by atoms with Gasteiger partial charge in [-0.15, -0.1) is 0 Å². The Labute approximate surface area is 106 Å². The van der Waals surface area contributed by atoms with E-state index in [9.17, 15) is 14.4 Å². The number of methoxy groups -OCH3 is 2. The van der Waals surface area contributed by atoms with E-state index in [-0.39, 0.29) is 11.4 Å². The Morgan fingerprint density at radius 2 is 1.67 bits per heavy atom. The van der Waals surface area contributed by atoms with Crippen LogP contribution in [0.25, 0.3) is 0 Å². The van der Waals surface area contributed by atoms with Crippen LogP contribution in [0.4, 0.5) is 0 Å². The molecule has 1 atom stereocenters. The highest BCUT2D eigenvalue weighted by atomic mass is 16.5. The van der Waals surface area contributed by atoms with E-state index in [0.29, 0.717) is 19.3 Å². The van der Waals surface area contributed by atoms with Crippen molar-refractivity contribution in [2.24, 2.45) is 11.3 Å². The Kier molecular flexibility index (Phi) is 4.27. The van der Waals surface area contributed by atoms with Crippen LogP contribution in [0.3, 0.4) is 0 Å². The molecule has 0 aromatic heterocycles. The van der Waals surface area contributed by atoms with Gasteiger partial charge in [0.25, 0.3) is 0 Å². The molecular formula is C13H18O5. The Balaban J connectivity index is 3.24. The summed E-state index contributed by atoms with van der Waals surface area (Å²) in [5.74, 6) is -2.06. The summed E-state index contributed by atoms with van der Waals surface area (Å²) in [6, 6.07) is 0. The van der Waals surface area contributed by atoms with E-state index >= 15 is 0 Å². The van der Waals surface area contributed by atoms with Crippen LogP contribution in [-0.2, 0) is 23.9 Å². The van der Waals surface area contributed by atoms with Crippen molar-refractivity contribution < 1.29 is 23.9 Å². The van der Waals surface area contributed by atoms with Crippen LogP contribution >= 0.6 is 0 Å². The van der Waals surface area contributed by atoms with Gasteiger partial charge in [-0.25, -0.2) is 0 Å². The van der Waals surface area contributed by atoms with Gasteiger partial charge in [0.2, 0.25) is 0 Å². The van der Waals surface area contributed by atoms with E-state index in [1.54, 1.807) is 0 Å². The summed E-state index contributed by atoms with van der Waals surface area (Å²) in [6.45, 7) is 5.07. The highest BCUT2D eigenvalue weighted by Gasteiger charge is 2.58. The number of carbonyl (C=O) groups excluding carboxylic acids is 3. The van der Waals surface area contributed by atoms with E-state index in [1.807, 2.05) is 0 Å². The Hall–Kier alpha value is -1.65. The lowest BCUT2D eigenvalue weighted by Gasteiger charge is -2.30. The molecule has 1 unspecified atom stereocenters. The van der Waals surface area contributed by atoms with Crippen LogP contribution in [0.15, 0.2) is 12.2 Å². The lowest BCUT2D eigenvalue weighted by atomic mass is 9.73. The third-order valence-electron chi connectivity index (χ3n) is 3.63. The number of carbonyl (C=O) groups is 3. The zero-order chi connectivity index (χ0) is 13.9. The standard InChI is InChI=1S/C13H18O5/c1-8(9(2)14)10-6-5-7-13(10,11(15)17-3)12(16)18-4/h10H,1,5-7H2,2-4H3. The lowest BCUT2D eigenvalue weighted by molar-refractivity contribution is -0.171. The molecule has 18 heavy (non-hydrogen) atoms. The summed E-state index contributed by atoms with van der Waals surface area (Å²) in [7, 11) is 2.44. The van der Waals surface area contributed by atoms with Gasteiger partial charge in [-0.05, 0) is 25.3 Å². The minimum absolute atomic E-state index is 0.223. The highest BCUT2D eigenvalue weighted by Crippen LogP contribution is 2.48. The molecule has 0 aliphatic heterocycles. The molecule has 5 nitrogen and oxygen atoms in total. The first-order chi connectivity index (χ1) is 8.41. The van der Waals surface area contributed by atoms with Crippen LogP contribution in [0.2, 0.25) is 0 Å². The molecule has 0 amide bonds. The normalized spacial score (nSPS) is 21.2. The highest BCUT2D eigenvalue weighted by molar-refractivity contribution is 6.04. The van der Waals surface area contributed by atoms with Gasteiger partial charge in [0.15, 0.2) is 11.2 Å². The van der Waals surface area contributed by atoms with E-state index in [2.05, 4.69) is 6.58 Å². The van der Waals surface area contributed by atoms with Gasteiger partial charge in [-0.3, -0.25) is 14.4 Å². The molecule has 0 bridgehead atoms. The third-order valence-corrected chi connectivity index (χ3v) is 3.63. The first-order valence-corrected chi connectivity index (χ1v) is 5.78. The molecule has 100 valence electrons. The Morgan fingerprint density at radius 1 is 1.17 bits per heavy atom. The van der Waals surface area contributed by atoms with Crippen LogP contribution < -0.4 is 0 Å². The number of hydrogen-bond donors (Lipinski definition) is 0. The quantitative estimate of drug-likeness (QED) is 0.429. The Bertz CT molecular complexity index is 380. The second kappa shape index (κ2) is 5.33. The van der Waals surface area contributed by atoms with Crippen LogP contribution in [0.1, 0.15) is 26.2 Å². The summed E-state index contributed by atoms with van der Waals surface area (Å²) in [5, 5.41) is 0. The molecule has 0 spiro atoms. The average molecular weight is 254 g/mol. The van der Waals surface area contributed by atoms with Gasteiger partial charge in [-0.2, -0.15) is 0 Å². The number of esters is 2. The van der Waals surface area contributed by atoms with E-state index in [1.165, 1.54) is 21.1 Å². The van der Waals surface area contributed by atoms with Gasteiger partial charge in [0, 0.05) is 5.92 Å². The van der Waals surface area contributed by atoms with Crippen molar-refractivity contribution in [2.75, 3.05) is 14.2 Å². The second-order valence-corrected chi connectivity index (χ2v) is 4.48. The summed E-state index contributed by atoms with van der Waals surface area (Å²) < 4.78 is 9.46. The van der Waals surface area contributed by atoms with E-state index in [4.69, 9.17) is 9.47 Å².